The number of amides is 1. The fraction of sp³-hybridized carbons (Fsp3) is 0.174. The number of hydrogen-bond donors (Lipinski definition) is 1. The molecule has 3 rings (SSSR count). The van der Waals surface area contributed by atoms with Gasteiger partial charge in [-0.3, -0.25) is 14.9 Å². The molecule has 0 atom stereocenters. The third-order valence-corrected chi connectivity index (χ3v) is 4.56. The summed E-state index contributed by atoms with van der Waals surface area (Å²) in [6.45, 7) is 0.597. The molecule has 0 aliphatic rings. The fourth-order valence-electron chi connectivity index (χ4n) is 2.94. The van der Waals surface area contributed by atoms with Crippen LogP contribution in [0.15, 0.2) is 66.7 Å². The van der Waals surface area contributed by atoms with Gasteiger partial charge in [-0.1, -0.05) is 36.4 Å². The SMILES string of the molecule is COc1cc(CNC(=O)c2cc([N+](=O)[O-])ccc2OC)ccc1OCc1ccccc1. The molecule has 0 radical (unpaired) electrons. The Balaban J connectivity index is 1.68. The van der Waals surface area contributed by atoms with Crippen molar-refractivity contribution in [1.29, 1.82) is 0 Å². The smallest absolute Gasteiger partial charge is 0.270 e. The van der Waals surface area contributed by atoms with Crippen LogP contribution in [0.3, 0.4) is 0 Å². The number of nitrogens with one attached hydrogen (secondary N) is 1. The van der Waals surface area contributed by atoms with Gasteiger partial charge in [-0.05, 0) is 29.3 Å². The van der Waals surface area contributed by atoms with E-state index >= 15 is 0 Å². The van der Waals surface area contributed by atoms with Crippen LogP contribution >= 0.6 is 0 Å². The third-order valence-electron chi connectivity index (χ3n) is 4.56. The Hall–Kier alpha value is -4.07. The van der Waals surface area contributed by atoms with Crippen LogP contribution in [0, 0.1) is 10.1 Å². The topological polar surface area (TPSA) is 99.9 Å². The van der Waals surface area contributed by atoms with Crippen molar-refractivity contribution < 1.29 is 23.9 Å². The van der Waals surface area contributed by atoms with Crippen LogP contribution in [0.2, 0.25) is 0 Å². The molecule has 0 unspecified atom stereocenters. The van der Waals surface area contributed by atoms with E-state index in [0.29, 0.717) is 18.1 Å². The number of hydrogen-bond acceptors (Lipinski definition) is 6. The second-order valence-electron chi connectivity index (χ2n) is 6.58. The monoisotopic (exact) mass is 422 g/mol. The lowest BCUT2D eigenvalue weighted by atomic mass is 10.1. The molecule has 1 N–H and O–H groups in total. The van der Waals surface area contributed by atoms with Gasteiger partial charge < -0.3 is 19.5 Å². The maximum absolute atomic E-state index is 12.6. The van der Waals surface area contributed by atoms with E-state index in [0.717, 1.165) is 11.1 Å². The molecule has 8 nitrogen and oxygen atoms in total. The summed E-state index contributed by atoms with van der Waals surface area (Å²) in [6.07, 6.45) is 0. The summed E-state index contributed by atoms with van der Waals surface area (Å²) in [5, 5.41) is 13.8. The third kappa shape index (κ3) is 5.51. The molecule has 3 aromatic carbocycles. The van der Waals surface area contributed by atoms with Gasteiger partial charge in [0.2, 0.25) is 0 Å². The van der Waals surface area contributed by atoms with Gasteiger partial charge in [0.25, 0.3) is 11.6 Å². The molecule has 0 heterocycles. The van der Waals surface area contributed by atoms with Gasteiger partial charge in [0.1, 0.15) is 12.4 Å². The quantitative estimate of drug-likeness (QED) is 0.411. The van der Waals surface area contributed by atoms with E-state index < -0.39 is 10.8 Å². The number of methoxy groups -OCH3 is 2. The zero-order valence-electron chi connectivity index (χ0n) is 17.2. The number of non-ortho nitro benzene ring substituents is 1. The van der Waals surface area contributed by atoms with Crippen molar-refractivity contribution in [2.45, 2.75) is 13.2 Å². The molecule has 0 aliphatic carbocycles. The first kappa shape index (κ1) is 21.6. The Kier molecular flexibility index (Phi) is 7.05. The molecule has 0 aromatic heterocycles. The Labute approximate surface area is 179 Å². The van der Waals surface area contributed by atoms with Gasteiger partial charge >= 0.3 is 0 Å². The average Bonchev–Trinajstić information content (AvgIpc) is 2.81. The normalized spacial score (nSPS) is 10.3. The Bertz CT molecular complexity index is 1070. The summed E-state index contributed by atoms with van der Waals surface area (Å²) >= 11 is 0. The summed E-state index contributed by atoms with van der Waals surface area (Å²) in [4.78, 5) is 23.0. The second kappa shape index (κ2) is 10.1. The molecule has 0 fully saturated rings. The van der Waals surface area contributed by atoms with E-state index in [1.54, 1.807) is 19.2 Å². The Morgan fingerprint density at radius 2 is 1.61 bits per heavy atom. The number of nitrogens with zero attached hydrogens (tertiary/aromatic N) is 1. The average molecular weight is 422 g/mol. The first-order valence-electron chi connectivity index (χ1n) is 9.46. The highest BCUT2D eigenvalue weighted by molar-refractivity contribution is 5.97. The second-order valence-corrected chi connectivity index (χ2v) is 6.58. The molecular weight excluding hydrogens is 400 g/mol. The lowest BCUT2D eigenvalue weighted by Gasteiger charge is -2.13. The van der Waals surface area contributed by atoms with Crippen LogP contribution in [-0.4, -0.2) is 25.1 Å². The molecule has 0 spiro atoms. The van der Waals surface area contributed by atoms with Crippen LogP contribution in [0.4, 0.5) is 5.69 Å². The van der Waals surface area contributed by atoms with Crippen molar-refractivity contribution in [2.75, 3.05) is 14.2 Å². The largest absolute Gasteiger partial charge is 0.496 e. The van der Waals surface area contributed by atoms with Gasteiger partial charge in [0.05, 0.1) is 24.7 Å². The highest BCUT2D eigenvalue weighted by Crippen LogP contribution is 2.29. The number of benzene rings is 3. The van der Waals surface area contributed by atoms with Crippen molar-refractivity contribution in [3.63, 3.8) is 0 Å². The van der Waals surface area contributed by atoms with E-state index in [9.17, 15) is 14.9 Å². The molecular formula is C23H22N2O6. The maximum Gasteiger partial charge on any atom is 0.270 e. The molecule has 3 aromatic rings. The van der Waals surface area contributed by atoms with Crippen molar-refractivity contribution in [1.82, 2.24) is 5.32 Å². The van der Waals surface area contributed by atoms with Crippen LogP contribution in [-0.2, 0) is 13.2 Å². The number of carbonyl (C=O) groups is 1. The molecule has 0 bridgehead atoms. The van der Waals surface area contributed by atoms with E-state index in [-0.39, 0.29) is 23.5 Å². The first-order chi connectivity index (χ1) is 15.0. The van der Waals surface area contributed by atoms with Crippen LogP contribution in [0.1, 0.15) is 21.5 Å². The summed E-state index contributed by atoms with van der Waals surface area (Å²) in [7, 11) is 2.94. The van der Waals surface area contributed by atoms with Gasteiger partial charge in [0, 0.05) is 18.7 Å². The van der Waals surface area contributed by atoms with Crippen LogP contribution in [0.25, 0.3) is 0 Å². The summed E-state index contributed by atoms with van der Waals surface area (Å²) in [6, 6.07) is 19.0. The Morgan fingerprint density at radius 1 is 0.903 bits per heavy atom. The van der Waals surface area contributed by atoms with Gasteiger partial charge in [-0.15, -0.1) is 0 Å². The minimum atomic E-state index is -0.560. The molecule has 8 heteroatoms. The molecule has 0 aliphatic heterocycles. The minimum absolute atomic E-state index is 0.0893. The van der Waals surface area contributed by atoms with Gasteiger partial charge in [-0.2, -0.15) is 0 Å². The number of nitro benzene ring substituents is 1. The van der Waals surface area contributed by atoms with Crippen molar-refractivity contribution >= 4 is 11.6 Å². The van der Waals surface area contributed by atoms with Gasteiger partial charge in [0.15, 0.2) is 11.5 Å². The summed E-state index contributed by atoms with van der Waals surface area (Å²) in [5.74, 6) is 0.895. The van der Waals surface area contributed by atoms with E-state index in [4.69, 9.17) is 14.2 Å². The van der Waals surface area contributed by atoms with E-state index in [1.807, 2.05) is 36.4 Å². The fourth-order valence-corrected chi connectivity index (χ4v) is 2.94. The molecule has 160 valence electrons. The highest BCUT2D eigenvalue weighted by Gasteiger charge is 2.17. The summed E-state index contributed by atoms with van der Waals surface area (Å²) in [5.41, 5.74) is 1.72. The number of carbonyl (C=O) groups excluding carboxylic acids is 1. The highest BCUT2D eigenvalue weighted by atomic mass is 16.6. The predicted octanol–water partition coefficient (Wildman–Crippen LogP) is 4.12. The van der Waals surface area contributed by atoms with Crippen molar-refractivity contribution in [2.24, 2.45) is 0 Å². The van der Waals surface area contributed by atoms with E-state index in [1.165, 1.54) is 25.3 Å². The minimum Gasteiger partial charge on any atom is -0.496 e. The van der Waals surface area contributed by atoms with Crippen molar-refractivity contribution in [3.05, 3.63) is 93.5 Å². The van der Waals surface area contributed by atoms with Crippen LogP contribution < -0.4 is 19.5 Å². The van der Waals surface area contributed by atoms with Crippen molar-refractivity contribution in [3.8, 4) is 17.2 Å². The standard InChI is InChI=1S/C23H22N2O6/c1-29-20-11-9-18(25(27)28)13-19(20)23(26)24-14-17-8-10-21(22(12-17)30-2)31-15-16-6-4-3-5-7-16/h3-13H,14-15H2,1-2H3,(H,24,26). The molecule has 1 amide bonds. The number of rotatable bonds is 9. The zero-order chi connectivity index (χ0) is 22.2. The van der Waals surface area contributed by atoms with Crippen LogP contribution in [0.5, 0.6) is 17.2 Å². The predicted molar refractivity (Wildman–Crippen MR) is 115 cm³/mol. The Morgan fingerprint density at radius 3 is 2.29 bits per heavy atom. The first-order valence-corrected chi connectivity index (χ1v) is 9.46. The lowest BCUT2D eigenvalue weighted by Crippen LogP contribution is -2.23. The van der Waals surface area contributed by atoms with E-state index in [2.05, 4.69) is 5.32 Å². The molecule has 0 saturated heterocycles. The maximum atomic E-state index is 12.6. The number of ether oxygens (including phenoxy) is 3. The molecule has 31 heavy (non-hydrogen) atoms. The zero-order valence-corrected chi connectivity index (χ0v) is 17.2. The summed E-state index contributed by atoms with van der Waals surface area (Å²) < 4.78 is 16.4. The lowest BCUT2D eigenvalue weighted by molar-refractivity contribution is -0.384. The molecule has 0 saturated carbocycles. The van der Waals surface area contributed by atoms with Gasteiger partial charge in [-0.25, -0.2) is 0 Å². The number of nitro groups is 1.